The van der Waals surface area contributed by atoms with Gasteiger partial charge in [-0.25, -0.2) is 9.97 Å². The molecule has 1 heterocycles. The van der Waals surface area contributed by atoms with Crippen LogP contribution >= 0.6 is 0 Å². The fourth-order valence-electron chi connectivity index (χ4n) is 2.19. The lowest BCUT2D eigenvalue weighted by atomic mass is 10.1. The molecule has 0 saturated heterocycles. The molecule has 0 spiro atoms. The van der Waals surface area contributed by atoms with Gasteiger partial charge in [-0.2, -0.15) is 0 Å². The first-order chi connectivity index (χ1) is 9.56. The van der Waals surface area contributed by atoms with Crippen molar-refractivity contribution < 1.29 is 0 Å². The topological polar surface area (TPSA) is 41.1 Å². The number of hydrogen-bond donors (Lipinski definition) is 1. The van der Waals surface area contributed by atoms with Crippen molar-refractivity contribution in [1.82, 2.24) is 9.97 Å². The lowest BCUT2D eigenvalue weighted by Gasteiger charge is -2.14. The minimum absolute atomic E-state index is 0.780. The van der Waals surface area contributed by atoms with Gasteiger partial charge in [0.25, 0.3) is 0 Å². The third kappa shape index (κ3) is 2.74. The van der Waals surface area contributed by atoms with Crippen LogP contribution in [0.5, 0.6) is 0 Å². The fraction of sp³-hybridized carbons (Fsp3) is 0.375. The molecule has 0 amide bonds. The molecule has 2 rings (SSSR count). The molecule has 0 unspecified atom stereocenters. The zero-order chi connectivity index (χ0) is 14.7. The predicted molar refractivity (Wildman–Crippen MR) is 85.5 cm³/mol. The summed E-state index contributed by atoms with van der Waals surface area (Å²) >= 11 is 0. The molecule has 1 N–H and O–H groups in total. The number of rotatable bonds is 4. The van der Waals surface area contributed by atoms with Crippen LogP contribution in [-0.2, 0) is 6.42 Å². The molecule has 0 aliphatic rings. The lowest BCUT2D eigenvalue weighted by Crippen LogP contribution is -2.08. The number of anilines is 2. The Balaban J connectivity index is 2.46. The minimum atomic E-state index is 0.780. The lowest BCUT2D eigenvalue weighted by molar-refractivity contribution is 0.977. The van der Waals surface area contributed by atoms with E-state index in [0.717, 1.165) is 34.9 Å². The second-order valence-corrected chi connectivity index (χ2v) is 5.01. The van der Waals surface area contributed by atoms with E-state index in [1.54, 1.807) is 0 Å². The zero-order valence-electron chi connectivity index (χ0n) is 12.9. The molecule has 0 radical (unpaired) electrons. The van der Waals surface area contributed by atoms with Crippen molar-refractivity contribution in [2.75, 3.05) is 31.4 Å². The second-order valence-electron chi connectivity index (χ2n) is 5.01. The van der Waals surface area contributed by atoms with Crippen molar-refractivity contribution in [1.29, 1.82) is 0 Å². The molecular formula is C16H22N4. The van der Waals surface area contributed by atoms with E-state index in [0.29, 0.717) is 0 Å². The Bertz CT molecular complexity index is 563. The maximum atomic E-state index is 4.68. The standard InChI is InChI=1S/C16H22N4/c1-6-14-11(2)15(17-3)19-16(18-14)12-7-9-13(10-8-12)20(4)5/h7-10H,6H2,1-5H3,(H,17,18,19). The molecule has 0 atom stereocenters. The van der Waals surface area contributed by atoms with Gasteiger partial charge < -0.3 is 10.2 Å². The second kappa shape index (κ2) is 5.90. The summed E-state index contributed by atoms with van der Waals surface area (Å²) in [6.07, 6.45) is 0.909. The maximum absolute atomic E-state index is 4.68. The van der Waals surface area contributed by atoms with Gasteiger partial charge in [0.1, 0.15) is 5.82 Å². The molecule has 4 heteroatoms. The highest BCUT2D eigenvalue weighted by atomic mass is 15.1. The smallest absolute Gasteiger partial charge is 0.161 e. The van der Waals surface area contributed by atoms with Crippen molar-refractivity contribution >= 4 is 11.5 Å². The molecule has 2 aromatic rings. The average Bonchev–Trinajstić information content (AvgIpc) is 2.47. The summed E-state index contributed by atoms with van der Waals surface area (Å²) in [5, 5.41) is 3.15. The van der Waals surface area contributed by atoms with Gasteiger partial charge in [0.05, 0.1) is 0 Å². The molecule has 0 aliphatic carbocycles. The van der Waals surface area contributed by atoms with Gasteiger partial charge in [0.15, 0.2) is 5.82 Å². The minimum Gasteiger partial charge on any atom is -0.378 e. The number of nitrogens with zero attached hydrogens (tertiary/aromatic N) is 3. The SMILES string of the molecule is CCc1nc(-c2ccc(N(C)C)cc2)nc(NC)c1C. The van der Waals surface area contributed by atoms with E-state index < -0.39 is 0 Å². The number of nitrogens with one attached hydrogen (secondary N) is 1. The summed E-state index contributed by atoms with van der Waals surface area (Å²) in [7, 11) is 5.96. The van der Waals surface area contributed by atoms with Crippen LogP contribution in [0.2, 0.25) is 0 Å². The van der Waals surface area contributed by atoms with E-state index in [2.05, 4.69) is 58.3 Å². The first-order valence-corrected chi connectivity index (χ1v) is 6.89. The number of hydrogen-bond acceptors (Lipinski definition) is 4. The zero-order valence-corrected chi connectivity index (χ0v) is 12.9. The average molecular weight is 270 g/mol. The van der Waals surface area contributed by atoms with Crippen molar-refractivity contribution in [2.24, 2.45) is 0 Å². The van der Waals surface area contributed by atoms with Crippen LogP contribution in [0, 0.1) is 6.92 Å². The normalized spacial score (nSPS) is 10.4. The Kier molecular flexibility index (Phi) is 4.23. The summed E-state index contributed by atoms with van der Waals surface area (Å²) in [6.45, 7) is 4.18. The van der Waals surface area contributed by atoms with Crippen LogP contribution in [0.25, 0.3) is 11.4 Å². The van der Waals surface area contributed by atoms with Gasteiger partial charge in [-0.15, -0.1) is 0 Å². The molecule has 1 aromatic heterocycles. The van der Waals surface area contributed by atoms with Crippen LogP contribution in [0.1, 0.15) is 18.2 Å². The quantitative estimate of drug-likeness (QED) is 0.926. The van der Waals surface area contributed by atoms with Gasteiger partial charge in [0.2, 0.25) is 0 Å². The molecule has 1 aromatic carbocycles. The summed E-state index contributed by atoms with van der Waals surface area (Å²) in [5.41, 5.74) is 4.44. The van der Waals surface area contributed by atoms with E-state index in [-0.39, 0.29) is 0 Å². The molecular weight excluding hydrogens is 248 g/mol. The van der Waals surface area contributed by atoms with Gasteiger partial charge in [-0.1, -0.05) is 6.92 Å². The van der Waals surface area contributed by atoms with E-state index in [9.17, 15) is 0 Å². The van der Waals surface area contributed by atoms with E-state index in [1.165, 1.54) is 5.69 Å². The maximum Gasteiger partial charge on any atom is 0.161 e. The highest BCUT2D eigenvalue weighted by molar-refractivity contribution is 5.63. The van der Waals surface area contributed by atoms with Gasteiger partial charge in [-0.3, -0.25) is 0 Å². The molecule has 4 nitrogen and oxygen atoms in total. The largest absolute Gasteiger partial charge is 0.378 e. The van der Waals surface area contributed by atoms with Crippen LogP contribution in [0.15, 0.2) is 24.3 Å². The molecule has 20 heavy (non-hydrogen) atoms. The van der Waals surface area contributed by atoms with Gasteiger partial charge in [0, 0.05) is 43.7 Å². The van der Waals surface area contributed by atoms with Gasteiger partial charge >= 0.3 is 0 Å². The first-order valence-electron chi connectivity index (χ1n) is 6.89. The Morgan fingerprint density at radius 1 is 1.10 bits per heavy atom. The molecule has 0 bridgehead atoms. The van der Waals surface area contributed by atoms with Crippen LogP contribution in [0.4, 0.5) is 11.5 Å². The van der Waals surface area contributed by atoms with E-state index in [4.69, 9.17) is 0 Å². The summed E-state index contributed by atoms with van der Waals surface area (Å²) in [6, 6.07) is 8.31. The van der Waals surface area contributed by atoms with Crippen LogP contribution < -0.4 is 10.2 Å². The monoisotopic (exact) mass is 270 g/mol. The number of aromatic nitrogens is 2. The first kappa shape index (κ1) is 14.3. The van der Waals surface area contributed by atoms with Crippen LogP contribution in [-0.4, -0.2) is 31.1 Å². The fourth-order valence-corrected chi connectivity index (χ4v) is 2.19. The Morgan fingerprint density at radius 2 is 1.75 bits per heavy atom. The molecule has 106 valence electrons. The number of aryl methyl sites for hydroxylation is 1. The molecule has 0 fully saturated rings. The highest BCUT2D eigenvalue weighted by Gasteiger charge is 2.10. The number of benzene rings is 1. The van der Waals surface area contributed by atoms with E-state index >= 15 is 0 Å². The Hall–Kier alpha value is -2.10. The van der Waals surface area contributed by atoms with Crippen molar-refractivity contribution in [3.63, 3.8) is 0 Å². The third-order valence-electron chi connectivity index (χ3n) is 3.46. The molecule has 0 aliphatic heterocycles. The predicted octanol–water partition coefficient (Wildman–Crippen LogP) is 3.12. The van der Waals surface area contributed by atoms with Crippen molar-refractivity contribution in [3.05, 3.63) is 35.5 Å². The van der Waals surface area contributed by atoms with Crippen LogP contribution in [0.3, 0.4) is 0 Å². The Morgan fingerprint density at radius 3 is 2.25 bits per heavy atom. The van der Waals surface area contributed by atoms with E-state index in [1.807, 2.05) is 21.1 Å². The Labute approximate surface area is 120 Å². The van der Waals surface area contributed by atoms with Crippen molar-refractivity contribution in [3.8, 4) is 11.4 Å². The highest BCUT2D eigenvalue weighted by Crippen LogP contribution is 2.23. The molecule has 0 saturated carbocycles. The summed E-state index contributed by atoms with van der Waals surface area (Å²) < 4.78 is 0. The summed E-state index contributed by atoms with van der Waals surface area (Å²) in [4.78, 5) is 11.4. The third-order valence-corrected chi connectivity index (χ3v) is 3.46. The summed E-state index contributed by atoms with van der Waals surface area (Å²) in [5.74, 6) is 1.69. The van der Waals surface area contributed by atoms with Gasteiger partial charge in [-0.05, 0) is 37.6 Å². The van der Waals surface area contributed by atoms with Crippen molar-refractivity contribution in [2.45, 2.75) is 20.3 Å².